The van der Waals surface area contributed by atoms with Gasteiger partial charge >= 0.3 is 0 Å². The van der Waals surface area contributed by atoms with E-state index in [1.54, 1.807) is 18.3 Å². The topological polar surface area (TPSA) is 91.6 Å². The Morgan fingerprint density at radius 2 is 1.92 bits per heavy atom. The summed E-state index contributed by atoms with van der Waals surface area (Å²) in [4.78, 5) is 31.9. The zero-order chi connectivity index (χ0) is 15.5. The highest BCUT2D eigenvalue weighted by atomic mass is 35.5. The second-order valence-electron chi connectivity index (χ2n) is 5.37. The first-order chi connectivity index (χ1) is 10.7. The maximum atomic E-state index is 12.3. The van der Waals surface area contributed by atoms with Crippen molar-refractivity contribution in [2.45, 2.75) is 6.04 Å². The van der Waals surface area contributed by atoms with E-state index in [1.165, 1.54) is 0 Å². The van der Waals surface area contributed by atoms with E-state index in [0.717, 1.165) is 6.54 Å². The smallest absolute Gasteiger partial charge is 0.252 e. The van der Waals surface area contributed by atoms with Crippen LogP contribution in [0.3, 0.4) is 0 Å². The molecule has 7 nitrogen and oxygen atoms in total. The van der Waals surface area contributed by atoms with Crippen molar-refractivity contribution in [3.05, 3.63) is 36.0 Å². The first-order valence-corrected chi connectivity index (χ1v) is 7.35. The van der Waals surface area contributed by atoms with Crippen LogP contribution in [0.2, 0.25) is 0 Å². The normalized spacial score (nSPS) is 19.4. The van der Waals surface area contributed by atoms with E-state index in [0.29, 0.717) is 37.6 Å². The van der Waals surface area contributed by atoms with Crippen molar-refractivity contribution in [2.75, 3.05) is 37.6 Å². The molecular formula is C15H21Cl2N5O2. The molecule has 2 aliphatic rings. The van der Waals surface area contributed by atoms with E-state index in [2.05, 4.69) is 10.3 Å². The van der Waals surface area contributed by atoms with Gasteiger partial charge in [-0.15, -0.1) is 24.8 Å². The number of carbonyl (C=O) groups excluding carboxylic acids is 2. The molecule has 3 rings (SSSR count). The van der Waals surface area contributed by atoms with Gasteiger partial charge in [-0.05, 0) is 12.1 Å². The van der Waals surface area contributed by atoms with Gasteiger partial charge in [-0.2, -0.15) is 0 Å². The Balaban J connectivity index is 0.00000144. The molecule has 2 aliphatic heterocycles. The summed E-state index contributed by atoms with van der Waals surface area (Å²) in [6.07, 6.45) is 5.51. The highest BCUT2D eigenvalue weighted by molar-refractivity contribution is 5.97. The van der Waals surface area contributed by atoms with Crippen molar-refractivity contribution in [1.82, 2.24) is 15.2 Å². The lowest BCUT2D eigenvalue weighted by atomic mass is 10.2. The van der Waals surface area contributed by atoms with Gasteiger partial charge in [0.2, 0.25) is 5.91 Å². The third-order valence-corrected chi connectivity index (χ3v) is 3.99. The molecule has 0 aliphatic carbocycles. The minimum Gasteiger partial charge on any atom is -0.365 e. The molecule has 0 spiro atoms. The van der Waals surface area contributed by atoms with Crippen molar-refractivity contribution in [3.8, 4) is 0 Å². The van der Waals surface area contributed by atoms with Crippen molar-refractivity contribution >= 4 is 42.4 Å². The zero-order valence-electron chi connectivity index (χ0n) is 13.1. The summed E-state index contributed by atoms with van der Waals surface area (Å²) in [6.45, 7) is 3.24. The van der Waals surface area contributed by atoms with Gasteiger partial charge in [0.15, 0.2) is 0 Å². The third kappa shape index (κ3) is 4.17. The Morgan fingerprint density at radius 1 is 1.21 bits per heavy atom. The molecule has 2 amide bonds. The molecule has 0 saturated carbocycles. The molecule has 3 N–H and O–H groups in total. The van der Waals surface area contributed by atoms with Crippen LogP contribution in [0.1, 0.15) is 10.4 Å². The molecule has 3 heterocycles. The second kappa shape index (κ2) is 8.86. The van der Waals surface area contributed by atoms with Gasteiger partial charge in [0.1, 0.15) is 11.9 Å². The molecule has 1 aromatic heterocycles. The van der Waals surface area contributed by atoms with Crippen LogP contribution < -0.4 is 16.0 Å². The van der Waals surface area contributed by atoms with Gasteiger partial charge < -0.3 is 15.5 Å². The molecule has 0 bridgehead atoms. The summed E-state index contributed by atoms with van der Waals surface area (Å²) >= 11 is 0. The fourth-order valence-electron chi connectivity index (χ4n) is 2.81. The van der Waals surface area contributed by atoms with E-state index in [9.17, 15) is 9.59 Å². The predicted molar refractivity (Wildman–Crippen MR) is 97.0 cm³/mol. The first kappa shape index (κ1) is 20.2. The van der Waals surface area contributed by atoms with Crippen LogP contribution in [0.25, 0.3) is 0 Å². The number of nitrogens with one attached hydrogen (secondary N) is 1. The lowest BCUT2D eigenvalue weighted by Gasteiger charge is -2.36. The summed E-state index contributed by atoms with van der Waals surface area (Å²) in [7, 11) is 0. The fraction of sp³-hybridized carbons (Fsp3) is 0.400. The van der Waals surface area contributed by atoms with Crippen LogP contribution in [0.5, 0.6) is 0 Å². The van der Waals surface area contributed by atoms with Crippen LogP contribution in [0.4, 0.5) is 5.82 Å². The molecule has 9 heteroatoms. The van der Waals surface area contributed by atoms with E-state index < -0.39 is 5.91 Å². The molecule has 1 unspecified atom stereocenters. The number of pyridine rings is 1. The van der Waals surface area contributed by atoms with Crippen LogP contribution in [-0.2, 0) is 4.79 Å². The highest BCUT2D eigenvalue weighted by Gasteiger charge is 2.28. The number of aromatic nitrogens is 1. The number of carbonyl (C=O) groups is 2. The summed E-state index contributed by atoms with van der Waals surface area (Å²) < 4.78 is 0. The number of nitrogens with two attached hydrogens (primary N) is 1. The number of amides is 2. The Morgan fingerprint density at radius 3 is 2.50 bits per heavy atom. The number of primary amides is 1. The highest BCUT2D eigenvalue weighted by Crippen LogP contribution is 2.19. The van der Waals surface area contributed by atoms with Crippen LogP contribution in [-0.4, -0.2) is 60.5 Å². The molecule has 132 valence electrons. The predicted octanol–water partition coefficient (Wildman–Crippen LogP) is 0.201. The van der Waals surface area contributed by atoms with Crippen LogP contribution >= 0.6 is 24.8 Å². The largest absolute Gasteiger partial charge is 0.365 e. The number of nitrogens with zero attached hydrogens (tertiary/aromatic N) is 3. The summed E-state index contributed by atoms with van der Waals surface area (Å²) in [5.74, 6) is 0.215. The van der Waals surface area contributed by atoms with Gasteiger partial charge in [-0.25, -0.2) is 4.98 Å². The van der Waals surface area contributed by atoms with Gasteiger partial charge in [0.25, 0.3) is 5.91 Å². The molecule has 1 fully saturated rings. The summed E-state index contributed by atoms with van der Waals surface area (Å²) in [5, 5.41) is 3.13. The monoisotopic (exact) mass is 373 g/mol. The lowest BCUT2D eigenvalue weighted by molar-refractivity contribution is -0.132. The number of piperazine rings is 1. The van der Waals surface area contributed by atoms with Gasteiger partial charge in [-0.1, -0.05) is 12.2 Å². The quantitative estimate of drug-likeness (QED) is 0.738. The molecule has 1 atom stereocenters. The molecular weight excluding hydrogens is 353 g/mol. The molecule has 1 saturated heterocycles. The minimum absolute atomic E-state index is 0. The number of anilines is 1. The van der Waals surface area contributed by atoms with Crippen molar-refractivity contribution < 1.29 is 9.59 Å². The molecule has 24 heavy (non-hydrogen) atoms. The third-order valence-electron chi connectivity index (χ3n) is 3.99. The number of halogens is 2. The van der Waals surface area contributed by atoms with Crippen LogP contribution in [0, 0.1) is 0 Å². The summed E-state index contributed by atoms with van der Waals surface area (Å²) in [6, 6.07) is 3.17. The zero-order valence-corrected chi connectivity index (χ0v) is 14.7. The Bertz CT molecular complexity index is 618. The van der Waals surface area contributed by atoms with Crippen LogP contribution in [0.15, 0.2) is 30.5 Å². The van der Waals surface area contributed by atoms with Crippen molar-refractivity contribution in [2.24, 2.45) is 5.73 Å². The standard InChI is InChI=1S/C15H19N5O2.2ClH/c16-13(21)11-3-1-6-18-14(11)19-7-9-20(10-8-19)15(22)12-4-2-5-17-12;;/h1-4,6,12,17H,5,7-10H2,(H2,16,21);2*1H. The molecule has 0 radical (unpaired) electrons. The Labute approximate surface area is 153 Å². The minimum atomic E-state index is -0.484. The van der Waals surface area contributed by atoms with E-state index >= 15 is 0 Å². The van der Waals surface area contributed by atoms with Crippen molar-refractivity contribution in [3.63, 3.8) is 0 Å². The number of hydrogen-bond donors (Lipinski definition) is 2. The maximum absolute atomic E-state index is 12.3. The van der Waals surface area contributed by atoms with Gasteiger partial charge in [-0.3, -0.25) is 14.9 Å². The van der Waals surface area contributed by atoms with Gasteiger partial charge in [0.05, 0.1) is 5.56 Å². The Kier molecular flexibility index (Phi) is 7.47. The lowest BCUT2D eigenvalue weighted by Crippen LogP contribution is -2.53. The summed E-state index contributed by atoms with van der Waals surface area (Å²) in [5.41, 5.74) is 5.81. The average Bonchev–Trinajstić information content (AvgIpc) is 3.09. The SMILES string of the molecule is Cl.Cl.NC(=O)c1cccnc1N1CCN(C(=O)C2C=CCN2)CC1. The number of rotatable bonds is 3. The molecule has 0 aromatic carbocycles. The molecule has 1 aromatic rings. The van der Waals surface area contributed by atoms with Crippen molar-refractivity contribution in [1.29, 1.82) is 0 Å². The Hall–Kier alpha value is -1.83. The number of hydrogen-bond acceptors (Lipinski definition) is 5. The van der Waals surface area contributed by atoms with E-state index in [-0.39, 0.29) is 36.8 Å². The van der Waals surface area contributed by atoms with E-state index in [4.69, 9.17) is 5.73 Å². The fourth-order valence-corrected chi connectivity index (χ4v) is 2.81. The van der Waals surface area contributed by atoms with E-state index in [1.807, 2.05) is 22.0 Å². The van der Waals surface area contributed by atoms with Gasteiger partial charge in [0, 0.05) is 38.9 Å². The first-order valence-electron chi connectivity index (χ1n) is 7.35. The maximum Gasteiger partial charge on any atom is 0.252 e. The average molecular weight is 374 g/mol. The second-order valence-corrected chi connectivity index (χ2v) is 5.37.